The molecular formula is C18H27BrN2O4S. The number of piperidine rings is 1. The molecule has 0 aliphatic carbocycles. The number of sulfonamides is 1. The van der Waals surface area contributed by atoms with Crippen molar-refractivity contribution in [1.29, 1.82) is 0 Å². The van der Waals surface area contributed by atoms with Gasteiger partial charge in [-0.2, -0.15) is 4.31 Å². The van der Waals surface area contributed by atoms with E-state index in [1.807, 2.05) is 0 Å². The third-order valence-corrected chi connectivity index (χ3v) is 7.54. The van der Waals surface area contributed by atoms with Gasteiger partial charge in [0.1, 0.15) is 10.6 Å². The van der Waals surface area contributed by atoms with Crippen LogP contribution >= 0.6 is 15.9 Å². The normalized spacial score (nSPS) is 26.8. The molecule has 0 N–H and O–H groups in total. The maximum absolute atomic E-state index is 13.1. The van der Waals surface area contributed by atoms with Crippen molar-refractivity contribution in [2.45, 2.75) is 49.8 Å². The molecule has 0 radical (unpaired) electrons. The van der Waals surface area contributed by atoms with E-state index in [0.29, 0.717) is 24.9 Å². The second-order valence-electron chi connectivity index (χ2n) is 7.14. The molecule has 6 nitrogen and oxygen atoms in total. The van der Waals surface area contributed by atoms with Gasteiger partial charge in [0.15, 0.2) is 0 Å². The molecule has 0 aromatic heterocycles. The van der Waals surface area contributed by atoms with Gasteiger partial charge in [-0.25, -0.2) is 8.42 Å². The Balaban J connectivity index is 1.70. The summed E-state index contributed by atoms with van der Waals surface area (Å²) in [5.74, 6) is 0.381. The number of methoxy groups -OCH3 is 1. The van der Waals surface area contributed by atoms with E-state index in [4.69, 9.17) is 9.47 Å². The minimum absolute atomic E-state index is 0.224. The summed E-state index contributed by atoms with van der Waals surface area (Å²) in [6.45, 7) is 7.09. The average molecular weight is 447 g/mol. The van der Waals surface area contributed by atoms with Gasteiger partial charge in [0.25, 0.3) is 0 Å². The van der Waals surface area contributed by atoms with Gasteiger partial charge < -0.3 is 9.47 Å². The number of nitrogens with zero attached hydrogens (tertiary/aromatic N) is 2. The molecule has 8 heteroatoms. The van der Waals surface area contributed by atoms with Crippen molar-refractivity contribution < 1.29 is 17.9 Å². The lowest BCUT2D eigenvalue weighted by molar-refractivity contribution is -0.0847. The standard InChI is InChI=1S/C18H27BrN2O4S/c1-13-11-20(12-14(2)25-13)16-6-8-21(9-7-16)26(22,23)18-10-15(19)4-5-17(18)24-3/h4-5,10,13-14,16H,6-9,11-12H2,1-3H3/t13-,14+. The molecule has 2 atom stereocenters. The number of ether oxygens (including phenoxy) is 2. The highest BCUT2D eigenvalue weighted by atomic mass is 79.9. The molecule has 0 spiro atoms. The van der Waals surface area contributed by atoms with E-state index < -0.39 is 10.0 Å². The first-order chi connectivity index (χ1) is 12.3. The highest BCUT2D eigenvalue weighted by molar-refractivity contribution is 9.10. The summed E-state index contributed by atoms with van der Waals surface area (Å²) >= 11 is 3.36. The van der Waals surface area contributed by atoms with Crippen LogP contribution in [0.1, 0.15) is 26.7 Å². The number of hydrogen-bond acceptors (Lipinski definition) is 5. The Morgan fingerprint density at radius 3 is 2.35 bits per heavy atom. The molecular weight excluding hydrogens is 420 g/mol. The quantitative estimate of drug-likeness (QED) is 0.711. The van der Waals surface area contributed by atoms with Gasteiger partial charge >= 0.3 is 0 Å². The van der Waals surface area contributed by atoms with Gasteiger partial charge in [-0.15, -0.1) is 0 Å². The van der Waals surface area contributed by atoms with Crippen molar-refractivity contribution in [2.75, 3.05) is 33.3 Å². The average Bonchev–Trinajstić information content (AvgIpc) is 2.61. The zero-order valence-corrected chi connectivity index (χ0v) is 17.9. The molecule has 0 bridgehead atoms. The lowest BCUT2D eigenvalue weighted by Crippen LogP contribution is -2.53. The van der Waals surface area contributed by atoms with Crippen LogP contribution in [0, 0.1) is 0 Å². The number of morpholine rings is 1. The van der Waals surface area contributed by atoms with Crippen LogP contribution in [0.4, 0.5) is 0 Å². The molecule has 3 rings (SSSR count). The third kappa shape index (κ3) is 4.25. The van der Waals surface area contributed by atoms with E-state index in [1.165, 1.54) is 7.11 Å². The molecule has 1 aromatic carbocycles. The van der Waals surface area contributed by atoms with E-state index in [2.05, 4.69) is 34.7 Å². The molecule has 2 aliphatic rings. The molecule has 0 unspecified atom stereocenters. The van der Waals surface area contributed by atoms with Crippen LogP contribution in [0.15, 0.2) is 27.6 Å². The minimum atomic E-state index is -3.57. The van der Waals surface area contributed by atoms with Gasteiger partial charge in [-0.1, -0.05) is 15.9 Å². The molecule has 2 aliphatic heterocycles. The van der Waals surface area contributed by atoms with Crippen LogP contribution in [0.25, 0.3) is 0 Å². The van der Waals surface area contributed by atoms with Crippen LogP contribution in [-0.2, 0) is 14.8 Å². The Hall–Kier alpha value is -0.670. The van der Waals surface area contributed by atoms with E-state index in [9.17, 15) is 8.42 Å². The van der Waals surface area contributed by atoms with Gasteiger partial charge in [-0.05, 0) is 44.9 Å². The summed E-state index contributed by atoms with van der Waals surface area (Å²) in [4.78, 5) is 2.68. The largest absolute Gasteiger partial charge is 0.495 e. The van der Waals surface area contributed by atoms with Crippen molar-refractivity contribution in [3.05, 3.63) is 22.7 Å². The summed E-state index contributed by atoms with van der Waals surface area (Å²) in [5.41, 5.74) is 0. The van der Waals surface area contributed by atoms with Crippen molar-refractivity contribution in [2.24, 2.45) is 0 Å². The van der Waals surface area contributed by atoms with Crippen LogP contribution in [0.5, 0.6) is 5.75 Å². The fourth-order valence-corrected chi connectivity index (χ4v) is 6.12. The highest BCUT2D eigenvalue weighted by Crippen LogP contribution is 2.32. The first kappa shape index (κ1) is 20.1. The molecule has 1 aromatic rings. The summed E-state index contributed by atoms with van der Waals surface area (Å²) in [7, 11) is -2.07. The van der Waals surface area contributed by atoms with Gasteiger partial charge in [0.05, 0.1) is 19.3 Å². The fraction of sp³-hybridized carbons (Fsp3) is 0.667. The lowest BCUT2D eigenvalue weighted by Gasteiger charge is -2.43. The Kier molecular flexibility index (Phi) is 6.29. The zero-order chi connectivity index (χ0) is 18.9. The summed E-state index contributed by atoms with van der Waals surface area (Å²) in [6, 6.07) is 5.50. The Morgan fingerprint density at radius 2 is 1.77 bits per heavy atom. The second-order valence-corrected chi connectivity index (χ2v) is 9.96. The SMILES string of the molecule is COc1ccc(Br)cc1S(=O)(=O)N1CCC(N2C[C@@H](C)O[C@@H](C)C2)CC1. The van der Waals surface area contributed by atoms with Crippen LogP contribution in [-0.4, -0.2) is 69.2 Å². The number of benzene rings is 1. The Labute approximate surface area is 164 Å². The lowest BCUT2D eigenvalue weighted by atomic mass is 10.0. The van der Waals surface area contributed by atoms with E-state index in [1.54, 1.807) is 22.5 Å². The predicted molar refractivity (Wildman–Crippen MR) is 104 cm³/mol. The van der Waals surface area contributed by atoms with Crippen LogP contribution in [0.2, 0.25) is 0 Å². The monoisotopic (exact) mass is 446 g/mol. The first-order valence-corrected chi connectivity index (χ1v) is 11.3. The first-order valence-electron chi connectivity index (χ1n) is 9.04. The van der Waals surface area contributed by atoms with Crippen molar-refractivity contribution in [1.82, 2.24) is 9.21 Å². The second kappa shape index (κ2) is 8.14. The minimum Gasteiger partial charge on any atom is -0.495 e. The summed E-state index contributed by atoms with van der Waals surface area (Å²) in [5, 5.41) is 0. The Bertz CT molecular complexity index is 725. The van der Waals surface area contributed by atoms with Crippen molar-refractivity contribution >= 4 is 26.0 Å². The molecule has 2 saturated heterocycles. The number of halogens is 1. The predicted octanol–water partition coefficient (Wildman–Crippen LogP) is 2.72. The molecule has 2 fully saturated rings. The Morgan fingerprint density at radius 1 is 1.15 bits per heavy atom. The molecule has 146 valence electrons. The fourth-order valence-electron chi connectivity index (χ4n) is 3.95. The smallest absolute Gasteiger partial charge is 0.246 e. The maximum Gasteiger partial charge on any atom is 0.246 e. The van der Waals surface area contributed by atoms with Crippen LogP contribution in [0.3, 0.4) is 0 Å². The number of hydrogen-bond donors (Lipinski definition) is 0. The van der Waals surface area contributed by atoms with Gasteiger partial charge in [0.2, 0.25) is 10.0 Å². The van der Waals surface area contributed by atoms with E-state index >= 15 is 0 Å². The van der Waals surface area contributed by atoms with E-state index in [-0.39, 0.29) is 17.1 Å². The molecule has 0 saturated carbocycles. The van der Waals surface area contributed by atoms with Crippen molar-refractivity contribution in [3.8, 4) is 5.75 Å². The third-order valence-electron chi connectivity index (χ3n) is 5.13. The molecule has 2 heterocycles. The van der Waals surface area contributed by atoms with Gasteiger partial charge in [-0.3, -0.25) is 4.90 Å². The van der Waals surface area contributed by atoms with Gasteiger partial charge in [0, 0.05) is 36.7 Å². The molecule has 26 heavy (non-hydrogen) atoms. The maximum atomic E-state index is 13.1. The summed E-state index contributed by atoms with van der Waals surface area (Å²) in [6.07, 6.45) is 2.14. The summed E-state index contributed by atoms with van der Waals surface area (Å²) < 4.78 is 39.6. The highest BCUT2D eigenvalue weighted by Gasteiger charge is 2.35. The topological polar surface area (TPSA) is 59.1 Å². The molecule has 0 amide bonds. The van der Waals surface area contributed by atoms with E-state index in [0.717, 1.165) is 30.4 Å². The van der Waals surface area contributed by atoms with Crippen LogP contribution < -0.4 is 4.74 Å². The van der Waals surface area contributed by atoms with Crippen molar-refractivity contribution in [3.63, 3.8) is 0 Å². The zero-order valence-electron chi connectivity index (χ0n) is 15.5. The number of rotatable bonds is 4.